The van der Waals surface area contributed by atoms with Gasteiger partial charge in [0, 0.05) is 0 Å². The molecule has 0 rings (SSSR count). The van der Waals surface area contributed by atoms with Crippen molar-refractivity contribution in [2.75, 3.05) is 0 Å². The van der Waals surface area contributed by atoms with E-state index in [4.69, 9.17) is 0 Å². The Bertz CT molecular complexity index is 106. The zero-order chi connectivity index (χ0) is 4.99. The van der Waals surface area contributed by atoms with Gasteiger partial charge in [0.15, 0.2) is 0 Å². The quantitative estimate of drug-likeness (QED) is 0.333. The minimum atomic E-state index is 0.301. The van der Waals surface area contributed by atoms with Crippen molar-refractivity contribution < 1.29 is 4.65 Å². The van der Waals surface area contributed by atoms with Crippen LogP contribution in [0.25, 0.3) is 0 Å². The van der Waals surface area contributed by atoms with Gasteiger partial charge < -0.3 is 0 Å². The molecule has 1 heteroatoms. The molecule has 30 valence electrons. The van der Waals surface area contributed by atoms with E-state index in [1.165, 1.54) is 6.08 Å². The molecule has 0 aromatic heterocycles. The van der Waals surface area contributed by atoms with Crippen LogP contribution in [0.2, 0.25) is 0 Å². The predicted octanol–water partition coefficient (Wildman–Crippen LogP) is 1.12. The summed E-state index contributed by atoms with van der Waals surface area (Å²) in [6, 6.07) is 0. The summed E-state index contributed by atoms with van der Waals surface area (Å²) in [5.74, 6) is 0. The third-order valence-corrected chi connectivity index (χ3v) is 0.377. The van der Waals surface area contributed by atoms with Crippen molar-refractivity contribution in [3.63, 3.8) is 0 Å². The van der Waals surface area contributed by atoms with Crippen LogP contribution in [0.4, 0.5) is 0 Å². The molecular weight excluding hydrogens is 76.1 g/mol. The Kier molecular flexibility index (Phi) is 2.14. The maximum absolute atomic E-state index is 9.44. The van der Waals surface area contributed by atoms with Gasteiger partial charge in [0.25, 0.3) is 0 Å². The third-order valence-electron chi connectivity index (χ3n) is 0.377. The first-order valence-electron chi connectivity index (χ1n) is 1.50. The fraction of sp³-hybridized carbons (Fsp3) is 0. The molecule has 6 heavy (non-hydrogen) atoms. The van der Waals surface area contributed by atoms with Crippen LogP contribution in [0.1, 0.15) is 0 Å². The second-order valence-corrected chi connectivity index (χ2v) is 0.831. The first-order chi connectivity index (χ1) is 2.81. The Hall–Kier alpha value is -0.780. The molecule has 0 saturated heterocycles. The Morgan fingerprint density at radius 2 is 2.33 bits per heavy atom. The molecule has 0 aromatic carbocycles. The van der Waals surface area contributed by atoms with Crippen molar-refractivity contribution in [1.29, 1.82) is 0 Å². The minimum absolute atomic E-state index is 0.301. The average molecular weight is 81.1 g/mol. The SMILES string of the molecule is C=CC(=C)C#[O+]. The molecule has 0 radical (unpaired) electrons. The Morgan fingerprint density at radius 3 is 2.33 bits per heavy atom. The van der Waals surface area contributed by atoms with Crippen molar-refractivity contribution in [1.82, 2.24) is 0 Å². The van der Waals surface area contributed by atoms with Crippen LogP contribution >= 0.6 is 0 Å². The molecule has 0 aromatic rings. The van der Waals surface area contributed by atoms with Gasteiger partial charge in [0.05, 0.1) is 0 Å². The van der Waals surface area contributed by atoms with Crippen molar-refractivity contribution in [3.8, 4) is 6.15 Å². The number of rotatable bonds is 1. The number of allylic oxidation sites excluding steroid dienone is 2. The Balaban J connectivity index is 3.63. The summed E-state index contributed by atoms with van der Waals surface area (Å²) < 4.78 is 9.44. The van der Waals surface area contributed by atoms with Crippen LogP contribution < -0.4 is 0 Å². The molecule has 0 unspecified atom stereocenters. The zero-order valence-electron chi connectivity index (χ0n) is 3.40. The van der Waals surface area contributed by atoms with Gasteiger partial charge in [-0.1, -0.05) is 0 Å². The molecule has 0 N–H and O–H groups in total. The van der Waals surface area contributed by atoms with Crippen molar-refractivity contribution in [3.05, 3.63) is 24.8 Å². The fourth-order valence-corrected chi connectivity index (χ4v) is 0.0417. The molecule has 0 aliphatic carbocycles. The fourth-order valence-electron chi connectivity index (χ4n) is 0.0417. The second-order valence-electron chi connectivity index (χ2n) is 0.831. The topological polar surface area (TPSA) is 19.9 Å². The van der Waals surface area contributed by atoms with Gasteiger partial charge in [-0.05, 0) is 0 Å². The summed E-state index contributed by atoms with van der Waals surface area (Å²) in [7, 11) is 0. The summed E-state index contributed by atoms with van der Waals surface area (Å²) in [5, 5.41) is 0. The van der Waals surface area contributed by atoms with Crippen LogP contribution in [-0.4, -0.2) is 0 Å². The van der Waals surface area contributed by atoms with Crippen molar-refractivity contribution in [2.45, 2.75) is 0 Å². The summed E-state index contributed by atoms with van der Waals surface area (Å²) in [5.41, 5.74) is 0.301. The summed E-state index contributed by atoms with van der Waals surface area (Å²) in [4.78, 5) is 0. The monoisotopic (exact) mass is 81.0 g/mol. The summed E-state index contributed by atoms with van der Waals surface area (Å²) in [6.45, 7) is 6.52. The van der Waals surface area contributed by atoms with Gasteiger partial charge in [-0.3, -0.25) is 0 Å². The molecule has 0 fully saturated rings. The van der Waals surface area contributed by atoms with Gasteiger partial charge in [0.1, 0.15) is 0 Å². The Morgan fingerprint density at radius 1 is 1.83 bits per heavy atom. The Labute approximate surface area is 36.7 Å². The van der Waals surface area contributed by atoms with Crippen molar-refractivity contribution in [2.24, 2.45) is 0 Å². The molecule has 0 aliphatic heterocycles. The van der Waals surface area contributed by atoms with Crippen LogP contribution in [-0.2, 0) is 4.65 Å². The summed E-state index contributed by atoms with van der Waals surface area (Å²) >= 11 is 0. The van der Waals surface area contributed by atoms with Crippen LogP contribution in [0.15, 0.2) is 24.8 Å². The molecular formula is C5H5O+. The third kappa shape index (κ3) is 1.53. The predicted molar refractivity (Wildman–Crippen MR) is 23.9 cm³/mol. The van der Waals surface area contributed by atoms with E-state index in [1.807, 2.05) is 0 Å². The van der Waals surface area contributed by atoms with Gasteiger partial charge in [-0.25, -0.2) is 0 Å². The zero-order valence-corrected chi connectivity index (χ0v) is 3.40. The van der Waals surface area contributed by atoms with Crippen LogP contribution in [0.3, 0.4) is 0 Å². The van der Waals surface area contributed by atoms with E-state index in [9.17, 15) is 4.65 Å². The first kappa shape index (κ1) is 5.22. The average Bonchev–Trinajstić information content (AvgIpc) is 1.65. The normalized spacial score (nSPS) is 5.83. The first-order valence-corrected chi connectivity index (χ1v) is 1.50. The van der Waals surface area contributed by atoms with E-state index in [0.29, 0.717) is 5.57 Å². The van der Waals surface area contributed by atoms with E-state index in [2.05, 4.69) is 13.2 Å². The van der Waals surface area contributed by atoms with Gasteiger partial charge in [-0.15, -0.1) is 0 Å². The molecule has 0 bridgehead atoms. The molecule has 0 atom stereocenters. The van der Waals surface area contributed by atoms with Gasteiger partial charge >= 0.3 is 35.6 Å². The standard InChI is InChI=1S/C5H5O/c1-3-5(2)4-6/h3H,1-2H2/q+1. The van der Waals surface area contributed by atoms with E-state index in [1.54, 1.807) is 6.15 Å². The van der Waals surface area contributed by atoms with E-state index < -0.39 is 0 Å². The molecule has 0 saturated carbocycles. The number of hydrogen-bond donors (Lipinski definition) is 0. The molecule has 0 spiro atoms. The molecule has 0 heterocycles. The molecule has 0 amide bonds. The van der Waals surface area contributed by atoms with Gasteiger partial charge in [-0.2, -0.15) is 0 Å². The van der Waals surface area contributed by atoms with Crippen LogP contribution in [0.5, 0.6) is 0 Å². The van der Waals surface area contributed by atoms with Crippen molar-refractivity contribution >= 4 is 0 Å². The van der Waals surface area contributed by atoms with Gasteiger partial charge in [0.2, 0.25) is 0 Å². The van der Waals surface area contributed by atoms with Crippen LogP contribution in [0, 0.1) is 6.15 Å². The molecule has 0 aliphatic rings. The maximum atomic E-state index is 9.44. The molecule has 1 nitrogen and oxygen atoms in total. The van der Waals surface area contributed by atoms with E-state index in [0.717, 1.165) is 0 Å². The van der Waals surface area contributed by atoms with E-state index in [-0.39, 0.29) is 0 Å². The second kappa shape index (κ2) is 2.46. The van der Waals surface area contributed by atoms with E-state index >= 15 is 0 Å². The number of hydrogen-bond acceptors (Lipinski definition) is 0. The summed E-state index contributed by atoms with van der Waals surface area (Å²) in [6.07, 6.45) is 2.91.